The minimum atomic E-state index is 0.640. The molecular formula is C15H15N3. The van der Waals surface area contributed by atoms with Gasteiger partial charge >= 0.3 is 0 Å². The summed E-state index contributed by atoms with van der Waals surface area (Å²) in [5, 5.41) is 9.13. The first-order valence-corrected chi connectivity index (χ1v) is 5.73. The van der Waals surface area contributed by atoms with Crippen LogP contribution in [0, 0.1) is 18.3 Å². The molecule has 3 nitrogen and oxygen atoms in total. The van der Waals surface area contributed by atoms with Gasteiger partial charge in [-0.15, -0.1) is 0 Å². The Morgan fingerprint density at radius 2 is 1.72 bits per heavy atom. The zero-order valence-electron chi connectivity index (χ0n) is 10.5. The Labute approximate surface area is 107 Å². The maximum absolute atomic E-state index is 9.13. The lowest BCUT2D eigenvalue weighted by molar-refractivity contribution is 1.20. The number of benzene rings is 2. The van der Waals surface area contributed by atoms with Crippen LogP contribution in [-0.4, -0.2) is 7.05 Å². The molecular weight excluding hydrogens is 222 g/mol. The van der Waals surface area contributed by atoms with E-state index in [4.69, 9.17) is 11.0 Å². The SMILES string of the molecule is Cc1cccc(N(C)c2ccccc2C#N)c1N. The molecule has 2 N–H and O–H groups in total. The molecule has 0 amide bonds. The molecule has 0 atom stereocenters. The van der Waals surface area contributed by atoms with Crippen LogP contribution in [-0.2, 0) is 0 Å². The maximum atomic E-state index is 9.13. The average Bonchev–Trinajstić information content (AvgIpc) is 2.41. The van der Waals surface area contributed by atoms with Gasteiger partial charge in [0.2, 0.25) is 0 Å². The van der Waals surface area contributed by atoms with Crippen LogP contribution in [0.5, 0.6) is 0 Å². The van der Waals surface area contributed by atoms with Crippen LogP contribution in [0.15, 0.2) is 42.5 Å². The third-order valence-corrected chi connectivity index (χ3v) is 3.05. The van der Waals surface area contributed by atoms with E-state index < -0.39 is 0 Å². The maximum Gasteiger partial charge on any atom is 0.101 e. The summed E-state index contributed by atoms with van der Waals surface area (Å²) in [4.78, 5) is 1.95. The van der Waals surface area contributed by atoms with Crippen LogP contribution >= 0.6 is 0 Å². The van der Waals surface area contributed by atoms with E-state index >= 15 is 0 Å². The number of rotatable bonds is 2. The summed E-state index contributed by atoms with van der Waals surface area (Å²) in [6.07, 6.45) is 0. The molecule has 2 rings (SSSR count). The van der Waals surface area contributed by atoms with Gasteiger partial charge in [-0.3, -0.25) is 0 Å². The number of nitrogen functional groups attached to an aromatic ring is 1. The lowest BCUT2D eigenvalue weighted by Crippen LogP contribution is -2.13. The molecule has 0 aliphatic carbocycles. The number of anilines is 3. The van der Waals surface area contributed by atoms with Crippen molar-refractivity contribution in [2.75, 3.05) is 17.7 Å². The number of aryl methyl sites for hydroxylation is 1. The average molecular weight is 237 g/mol. The van der Waals surface area contributed by atoms with E-state index in [1.165, 1.54) is 0 Å². The molecule has 3 heteroatoms. The molecule has 0 saturated carbocycles. The number of nitrogens with zero attached hydrogens (tertiary/aromatic N) is 2. The molecule has 0 radical (unpaired) electrons. The first-order chi connectivity index (χ1) is 8.65. The third-order valence-electron chi connectivity index (χ3n) is 3.05. The summed E-state index contributed by atoms with van der Waals surface area (Å²) in [6, 6.07) is 15.6. The summed E-state index contributed by atoms with van der Waals surface area (Å²) < 4.78 is 0. The van der Waals surface area contributed by atoms with Crippen LogP contribution in [0.4, 0.5) is 17.1 Å². The Morgan fingerprint density at radius 3 is 2.44 bits per heavy atom. The van der Waals surface area contributed by atoms with E-state index in [9.17, 15) is 0 Å². The number of hydrogen-bond acceptors (Lipinski definition) is 3. The van der Waals surface area contributed by atoms with Crippen molar-refractivity contribution >= 4 is 17.1 Å². The molecule has 2 aromatic carbocycles. The van der Waals surface area contributed by atoms with Gasteiger partial charge in [0.05, 0.1) is 22.6 Å². The Hall–Kier alpha value is -2.47. The number of nitriles is 1. The van der Waals surface area contributed by atoms with Crippen LogP contribution in [0.25, 0.3) is 0 Å². The van der Waals surface area contributed by atoms with Gasteiger partial charge in [0.1, 0.15) is 6.07 Å². The van der Waals surface area contributed by atoms with Crippen molar-refractivity contribution in [2.45, 2.75) is 6.92 Å². The molecule has 0 aromatic heterocycles. The van der Waals surface area contributed by atoms with Gasteiger partial charge in [-0.25, -0.2) is 0 Å². The van der Waals surface area contributed by atoms with Gasteiger partial charge in [0.15, 0.2) is 0 Å². The van der Waals surface area contributed by atoms with E-state index in [1.54, 1.807) is 6.07 Å². The highest BCUT2D eigenvalue weighted by molar-refractivity contribution is 5.78. The van der Waals surface area contributed by atoms with Gasteiger partial charge in [0.25, 0.3) is 0 Å². The zero-order chi connectivity index (χ0) is 13.1. The predicted molar refractivity (Wildman–Crippen MR) is 74.8 cm³/mol. The molecule has 18 heavy (non-hydrogen) atoms. The fraction of sp³-hybridized carbons (Fsp3) is 0.133. The van der Waals surface area contributed by atoms with Gasteiger partial charge in [-0.05, 0) is 30.7 Å². The molecule has 0 heterocycles. The Bertz CT molecular complexity index is 611. The van der Waals surface area contributed by atoms with E-state index in [2.05, 4.69) is 6.07 Å². The predicted octanol–water partition coefficient (Wildman–Crippen LogP) is 3.22. The second-order valence-corrected chi connectivity index (χ2v) is 4.20. The molecule has 2 aromatic rings. The summed E-state index contributed by atoms with van der Waals surface area (Å²) >= 11 is 0. The summed E-state index contributed by atoms with van der Waals surface area (Å²) in [5.41, 5.74) is 10.3. The standard InChI is InChI=1S/C15H15N3/c1-11-6-5-9-14(15(11)17)18(2)13-8-4-3-7-12(13)10-16/h3-9H,17H2,1-2H3. The number of para-hydroxylation sites is 2. The highest BCUT2D eigenvalue weighted by Crippen LogP contribution is 2.32. The van der Waals surface area contributed by atoms with Crippen molar-refractivity contribution in [1.82, 2.24) is 0 Å². The molecule has 90 valence electrons. The van der Waals surface area contributed by atoms with Crippen molar-refractivity contribution in [3.8, 4) is 6.07 Å². The minimum absolute atomic E-state index is 0.640. The van der Waals surface area contributed by atoms with E-state index in [0.29, 0.717) is 5.56 Å². The van der Waals surface area contributed by atoms with E-state index in [-0.39, 0.29) is 0 Å². The van der Waals surface area contributed by atoms with Crippen molar-refractivity contribution in [1.29, 1.82) is 5.26 Å². The monoisotopic (exact) mass is 237 g/mol. The largest absolute Gasteiger partial charge is 0.397 e. The Kier molecular flexibility index (Phi) is 3.20. The number of hydrogen-bond donors (Lipinski definition) is 1. The van der Waals surface area contributed by atoms with Crippen LogP contribution < -0.4 is 10.6 Å². The molecule has 0 aliphatic rings. The lowest BCUT2D eigenvalue weighted by Gasteiger charge is -2.23. The summed E-state index contributed by atoms with van der Waals surface area (Å²) in [6.45, 7) is 1.98. The molecule has 0 unspecified atom stereocenters. The molecule has 0 fully saturated rings. The van der Waals surface area contributed by atoms with Crippen LogP contribution in [0.3, 0.4) is 0 Å². The van der Waals surface area contributed by atoms with Crippen LogP contribution in [0.1, 0.15) is 11.1 Å². The molecule has 0 aliphatic heterocycles. The topological polar surface area (TPSA) is 53.0 Å². The molecule has 0 saturated heterocycles. The van der Waals surface area contributed by atoms with Gasteiger partial charge in [-0.1, -0.05) is 24.3 Å². The van der Waals surface area contributed by atoms with Crippen LogP contribution in [0.2, 0.25) is 0 Å². The Balaban J connectivity index is 2.52. The highest BCUT2D eigenvalue weighted by Gasteiger charge is 2.11. The van der Waals surface area contributed by atoms with Gasteiger partial charge in [0, 0.05) is 7.05 Å². The molecule has 0 spiro atoms. The van der Waals surface area contributed by atoms with Gasteiger partial charge < -0.3 is 10.6 Å². The van der Waals surface area contributed by atoms with E-state index in [0.717, 1.165) is 22.6 Å². The fourth-order valence-electron chi connectivity index (χ4n) is 1.95. The van der Waals surface area contributed by atoms with Crippen molar-refractivity contribution in [2.24, 2.45) is 0 Å². The fourth-order valence-corrected chi connectivity index (χ4v) is 1.95. The zero-order valence-corrected chi connectivity index (χ0v) is 10.5. The second kappa shape index (κ2) is 4.80. The Morgan fingerprint density at radius 1 is 1.06 bits per heavy atom. The number of nitrogens with two attached hydrogens (primary N) is 1. The highest BCUT2D eigenvalue weighted by atomic mass is 15.1. The van der Waals surface area contributed by atoms with E-state index in [1.807, 2.05) is 55.3 Å². The normalized spacial score (nSPS) is 9.83. The van der Waals surface area contributed by atoms with Crippen molar-refractivity contribution in [3.63, 3.8) is 0 Å². The smallest absolute Gasteiger partial charge is 0.101 e. The summed E-state index contributed by atoms with van der Waals surface area (Å²) in [7, 11) is 1.92. The second-order valence-electron chi connectivity index (χ2n) is 4.20. The van der Waals surface area contributed by atoms with Gasteiger partial charge in [-0.2, -0.15) is 5.26 Å². The summed E-state index contributed by atoms with van der Waals surface area (Å²) in [5.74, 6) is 0. The van der Waals surface area contributed by atoms with Crippen molar-refractivity contribution < 1.29 is 0 Å². The van der Waals surface area contributed by atoms with Crippen molar-refractivity contribution in [3.05, 3.63) is 53.6 Å². The lowest BCUT2D eigenvalue weighted by atomic mass is 10.1. The first-order valence-electron chi connectivity index (χ1n) is 5.73. The first kappa shape index (κ1) is 12.0. The molecule has 0 bridgehead atoms. The minimum Gasteiger partial charge on any atom is -0.397 e. The quantitative estimate of drug-likeness (QED) is 0.816. The third kappa shape index (κ3) is 2.01.